The van der Waals surface area contributed by atoms with Crippen molar-refractivity contribution < 1.29 is 18.3 Å². The number of benzene rings is 1. The number of carbonyl (C=O) groups excluding carboxylic acids is 1. The number of hydrogen-bond acceptors (Lipinski definition) is 4. The SMILES string of the molecule is CCOC(=O)C(F)(F)c1cccc(N2CCN(C)CC2)c1. The van der Waals surface area contributed by atoms with Gasteiger partial charge in [-0.1, -0.05) is 12.1 Å². The number of hydrogen-bond donors (Lipinski definition) is 0. The largest absolute Gasteiger partial charge is 0.461 e. The van der Waals surface area contributed by atoms with Crippen LogP contribution in [0.4, 0.5) is 14.5 Å². The van der Waals surface area contributed by atoms with Gasteiger partial charge in [-0.15, -0.1) is 0 Å². The molecule has 0 amide bonds. The van der Waals surface area contributed by atoms with Crippen molar-refractivity contribution in [2.45, 2.75) is 12.8 Å². The van der Waals surface area contributed by atoms with Gasteiger partial charge in [-0.05, 0) is 26.1 Å². The second kappa shape index (κ2) is 6.39. The Morgan fingerprint density at radius 2 is 1.95 bits per heavy atom. The minimum Gasteiger partial charge on any atom is -0.461 e. The van der Waals surface area contributed by atoms with Crippen molar-refractivity contribution in [1.82, 2.24) is 4.90 Å². The van der Waals surface area contributed by atoms with Gasteiger partial charge in [0.05, 0.1) is 6.61 Å². The average Bonchev–Trinajstić information content (AvgIpc) is 2.48. The lowest BCUT2D eigenvalue weighted by molar-refractivity contribution is -0.173. The number of rotatable bonds is 4. The highest BCUT2D eigenvalue weighted by Crippen LogP contribution is 2.32. The van der Waals surface area contributed by atoms with Crippen LogP contribution in [-0.4, -0.2) is 50.7 Å². The number of anilines is 1. The molecule has 0 N–H and O–H groups in total. The Hall–Kier alpha value is -1.69. The van der Waals surface area contributed by atoms with Crippen LogP contribution in [0.5, 0.6) is 0 Å². The van der Waals surface area contributed by atoms with Crippen molar-refractivity contribution in [2.24, 2.45) is 0 Å². The topological polar surface area (TPSA) is 32.8 Å². The molecule has 0 unspecified atom stereocenters. The maximum Gasteiger partial charge on any atom is 0.381 e. The Kier molecular flexibility index (Phi) is 4.77. The zero-order valence-corrected chi connectivity index (χ0v) is 12.3. The van der Waals surface area contributed by atoms with E-state index >= 15 is 0 Å². The van der Waals surface area contributed by atoms with Gasteiger partial charge in [-0.2, -0.15) is 8.78 Å². The van der Waals surface area contributed by atoms with E-state index in [0.717, 1.165) is 26.2 Å². The summed E-state index contributed by atoms with van der Waals surface area (Å²) >= 11 is 0. The van der Waals surface area contributed by atoms with Crippen LogP contribution >= 0.6 is 0 Å². The predicted octanol–water partition coefficient (Wildman–Crippen LogP) is 2.09. The molecular formula is C15H20F2N2O2. The fraction of sp³-hybridized carbons (Fsp3) is 0.533. The first-order chi connectivity index (χ1) is 9.95. The molecule has 116 valence electrons. The Labute approximate surface area is 123 Å². The number of nitrogens with zero attached hydrogens (tertiary/aromatic N) is 2. The van der Waals surface area contributed by atoms with E-state index in [1.807, 2.05) is 11.9 Å². The number of carbonyl (C=O) groups is 1. The number of likely N-dealkylation sites (N-methyl/N-ethyl adjacent to an activating group) is 1. The van der Waals surface area contributed by atoms with Gasteiger partial charge in [0.15, 0.2) is 0 Å². The molecule has 4 nitrogen and oxygen atoms in total. The van der Waals surface area contributed by atoms with E-state index in [0.29, 0.717) is 5.69 Å². The van der Waals surface area contributed by atoms with Crippen LogP contribution in [-0.2, 0) is 15.5 Å². The fourth-order valence-corrected chi connectivity index (χ4v) is 2.30. The lowest BCUT2D eigenvalue weighted by Crippen LogP contribution is -2.44. The maximum atomic E-state index is 14.0. The van der Waals surface area contributed by atoms with Crippen LogP contribution in [0.15, 0.2) is 24.3 Å². The predicted molar refractivity (Wildman–Crippen MR) is 76.7 cm³/mol. The smallest absolute Gasteiger partial charge is 0.381 e. The molecule has 0 bridgehead atoms. The monoisotopic (exact) mass is 298 g/mol. The number of alkyl halides is 2. The molecule has 1 aromatic carbocycles. The van der Waals surface area contributed by atoms with Gasteiger partial charge < -0.3 is 14.5 Å². The molecule has 0 radical (unpaired) electrons. The second-order valence-electron chi connectivity index (χ2n) is 5.14. The van der Waals surface area contributed by atoms with E-state index in [4.69, 9.17) is 0 Å². The summed E-state index contributed by atoms with van der Waals surface area (Å²) in [5, 5.41) is 0. The molecule has 1 heterocycles. The number of piperazine rings is 1. The Morgan fingerprint density at radius 3 is 2.57 bits per heavy atom. The molecule has 0 aliphatic carbocycles. The molecule has 1 fully saturated rings. The molecule has 0 spiro atoms. The summed E-state index contributed by atoms with van der Waals surface area (Å²) in [6.07, 6.45) is 0. The van der Waals surface area contributed by atoms with Gasteiger partial charge in [0.1, 0.15) is 0 Å². The summed E-state index contributed by atoms with van der Waals surface area (Å²) in [5.41, 5.74) is 0.391. The highest BCUT2D eigenvalue weighted by atomic mass is 19.3. The van der Waals surface area contributed by atoms with E-state index in [2.05, 4.69) is 9.64 Å². The highest BCUT2D eigenvalue weighted by Gasteiger charge is 2.42. The van der Waals surface area contributed by atoms with Gasteiger partial charge >= 0.3 is 11.9 Å². The average molecular weight is 298 g/mol. The van der Waals surface area contributed by atoms with Crippen LogP contribution < -0.4 is 4.90 Å². The van der Waals surface area contributed by atoms with Crippen LogP contribution in [0.25, 0.3) is 0 Å². The third-order valence-corrected chi connectivity index (χ3v) is 3.61. The normalized spacial score (nSPS) is 16.9. The van der Waals surface area contributed by atoms with E-state index in [1.165, 1.54) is 19.1 Å². The first kappa shape index (κ1) is 15.7. The number of halogens is 2. The molecule has 1 aromatic rings. The Morgan fingerprint density at radius 1 is 1.29 bits per heavy atom. The van der Waals surface area contributed by atoms with Crippen molar-refractivity contribution in [3.05, 3.63) is 29.8 Å². The summed E-state index contributed by atoms with van der Waals surface area (Å²) in [7, 11) is 2.03. The van der Waals surface area contributed by atoms with E-state index in [1.54, 1.807) is 12.1 Å². The molecule has 21 heavy (non-hydrogen) atoms. The zero-order chi connectivity index (χ0) is 15.5. The van der Waals surface area contributed by atoms with Crippen LogP contribution in [0, 0.1) is 0 Å². The third kappa shape index (κ3) is 3.50. The first-order valence-electron chi connectivity index (χ1n) is 7.04. The number of esters is 1. The van der Waals surface area contributed by atoms with Gasteiger partial charge in [-0.3, -0.25) is 0 Å². The van der Waals surface area contributed by atoms with E-state index < -0.39 is 11.9 Å². The second-order valence-corrected chi connectivity index (χ2v) is 5.14. The van der Waals surface area contributed by atoms with Crippen LogP contribution in [0.3, 0.4) is 0 Å². The van der Waals surface area contributed by atoms with Crippen molar-refractivity contribution >= 4 is 11.7 Å². The van der Waals surface area contributed by atoms with Crippen molar-refractivity contribution in [1.29, 1.82) is 0 Å². The van der Waals surface area contributed by atoms with Gasteiger partial charge in [-0.25, -0.2) is 4.79 Å². The van der Waals surface area contributed by atoms with Gasteiger partial charge in [0, 0.05) is 37.4 Å². The van der Waals surface area contributed by atoms with Crippen LogP contribution in [0.2, 0.25) is 0 Å². The Balaban J connectivity index is 2.19. The van der Waals surface area contributed by atoms with E-state index in [9.17, 15) is 13.6 Å². The molecule has 2 rings (SSSR count). The molecule has 6 heteroatoms. The third-order valence-electron chi connectivity index (χ3n) is 3.61. The molecule has 1 aliphatic rings. The minimum absolute atomic E-state index is 0.0629. The molecule has 0 atom stereocenters. The van der Waals surface area contributed by atoms with Gasteiger partial charge in [0.2, 0.25) is 0 Å². The fourth-order valence-electron chi connectivity index (χ4n) is 2.30. The van der Waals surface area contributed by atoms with Crippen molar-refractivity contribution in [3.63, 3.8) is 0 Å². The number of ether oxygens (including phenoxy) is 1. The van der Waals surface area contributed by atoms with E-state index in [-0.39, 0.29) is 12.2 Å². The molecule has 0 saturated carbocycles. The first-order valence-corrected chi connectivity index (χ1v) is 7.04. The molecule has 1 aliphatic heterocycles. The van der Waals surface area contributed by atoms with Crippen molar-refractivity contribution in [3.8, 4) is 0 Å². The Bertz CT molecular complexity index is 500. The lowest BCUT2D eigenvalue weighted by atomic mass is 10.1. The summed E-state index contributed by atoms with van der Waals surface area (Å²) in [6.45, 7) is 4.79. The summed E-state index contributed by atoms with van der Waals surface area (Å²) < 4.78 is 32.5. The van der Waals surface area contributed by atoms with Crippen molar-refractivity contribution in [2.75, 3.05) is 44.7 Å². The minimum atomic E-state index is -3.61. The maximum absolute atomic E-state index is 14.0. The van der Waals surface area contributed by atoms with Crippen LogP contribution in [0.1, 0.15) is 12.5 Å². The zero-order valence-electron chi connectivity index (χ0n) is 12.3. The quantitative estimate of drug-likeness (QED) is 0.797. The lowest BCUT2D eigenvalue weighted by Gasteiger charge is -2.34. The molecule has 1 saturated heterocycles. The summed E-state index contributed by atoms with van der Waals surface area (Å²) in [4.78, 5) is 15.6. The summed E-state index contributed by atoms with van der Waals surface area (Å²) in [5.74, 6) is -5.11. The molecular weight excluding hydrogens is 278 g/mol. The highest BCUT2D eigenvalue weighted by molar-refractivity contribution is 5.79. The molecule has 0 aromatic heterocycles. The summed E-state index contributed by atoms with van der Waals surface area (Å²) in [6, 6.07) is 5.98. The van der Waals surface area contributed by atoms with Gasteiger partial charge in [0.25, 0.3) is 0 Å². The standard InChI is InChI=1S/C15H20F2N2O2/c1-3-21-14(20)15(16,17)12-5-4-6-13(11-12)19-9-7-18(2)8-10-19/h4-6,11H,3,7-10H2,1-2H3.